The molecule has 11 rings (SSSR count). The summed E-state index contributed by atoms with van der Waals surface area (Å²) in [6.07, 6.45) is 0. The Morgan fingerprint density at radius 1 is 0.411 bits per heavy atom. The van der Waals surface area contributed by atoms with Gasteiger partial charge >= 0.3 is 0 Å². The van der Waals surface area contributed by atoms with Crippen LogP contribution in [0, 0.1) is 11.3 Å². The molecule has 1 aliphatic carbocycles. The summed E-state index contributed by atoms with van der Waals surface area (Å²) in [5.74, 6) is 1.90. The van der Waals surface area contributed by atoms with Crippen molar-refractivity contribution in [2.24, 2.45) is 0 Å². The van der Waals surface area contributed by atoms with E-state index in [9.17, 15) is 5.26 Å². The fourth-order valence-corrected chi connectivity index (χ4v) is 9.99. The Balaban J connectivity index is 1.14. The summed E-state index contributed by atoms with van der Waals surface area (Å²) in [7, 11) is 0. The van der Waals surface area contributed by atoms with Crippen LogP contribution in [0.25, 0.3) is 67.2 Å². The second-order valence-corrected chi connectivity index (χ2v) is 15.3. The van der Waals surface area contributed by atoms with Gasteiger partial charge in [-0.25, -0.2) is 15.0 Å². The highest BCUT2D eigenvalue weighted by Crippen LogP contribution is 2.64. The minimum atomic E-state index is -0.610. The van der Waals surface area contributed by atoms with Crippen LogP contribution in [0.5, 0.6) is 0 Å². The molecule has 0 saturated heterocycles. The lowest BCUT2D eigenvalue weighted by molar-refractivity contribution is 0.723. The Morgan fingerprint density at radius 3 is 1.50 bits per heavy atom. The molecule has 0 N–H and O–H groups in total. The van der Waals surface area contributed by atoms with Gasteiger partial charge in [-0.2, -0.15) is 5.26 Å². The number of rotatable bonds is 4. The van der Waals surface area contributed by atoms with Crippen LogP contribution in [0.1, 0.15) is 27.8 Å². The molecule has 8 aromatic carbocycles. The van der Waals surface area contributed by atoms with Gasteiger partial charge in [0.2, 0.25) is 0 Å². The Bertz CT molecular complexity index is 2960. The van der Waals surface area contributed by atoms with E-state index in [2.05, 4.69) is 121 Å². The lowest BCUT2D eigenvalue weighted by atomic mass is 9.66. The third-order valence-corrected chi connectivity index (χ3v) is 12.4. The monoisotopic (exact) mass is 730 g/mol. The number of fused-ring (bicyclic) bond motifs is 11. The van der Waals surface area contributed by atoms with Gasteiger partial charge in [-0.05, 0) is 85.6 Å². The van der Waals surface area contributed by atoms with Gasteiger partial charge in [-0.15, -0.1) is 0 Å². The van der Waals surface area contributed by atoms with E-state index < -0.39 is 5.41 Å². The first kappa shape index (κ1) is 32.3. The molecule has 1 aliphatic heterocycles. The molecule has 0 saturated carbocycles. The summed E-state index contributed by atoms with van der Waals surface area (Å²) in [6.45, 7) is 0. The van der Waals surface area contributed by atoms with E-state index in [1.165, 1.54) is 48.4 Å². The molecule has 2 heterocycles. The largest absolute Gasteiger partial charge is 0.208 e. The number of nitrogens with zero attached hydrogens (tertiary/aromatic N) is 4. The second-order valence-electron chi connectivity index (χ2n) is 14.2. The van der Waals surface area contributed by atoms with E-state index in [0.29, 0.717) is 23.0 Å². The number of benzene rings is 8. The van der Waals surface area contributed by atoms with Crippen molar-refractivity contribution in [3.8, 4) is 62.5 Å². The Labute approximate surface area is 328 Å². The summed E-state index contributed by atoms with van der Waals surface area (Å²) in [5, 5.41) is 12.6. The Kier molecular flexibility index (Phi) is 7.35. The van der Waals surface area contributed by atoms with Crippen molar-refractivity contribution in [2.75, 3.05) is 0 Å². The summed E-state index contributed by atoms with van der Waals surface area (Å²) in [4.78, 5) is 17.3. The van der Waals surface area contributed by atoms with E-state index in [1.54, 1.807) is 0 Å². The number of aromatic nitrogens is 3. The van der Waals surface area contributed by atoms with Crippen LogP contribution >= 0.6 is 11.8 Å². The SMILES string of the molecule is N#Cc1ccc2c(c1)C1(c3ccccc3Sc3ccccc31)c1cc(-c3ccc(-c4nc(-c5ccccc5)nc(-c5ccccc5)n4)cc3)c3ccccc3c1-2. The van der Waals surface area contributed by atoms with Gasteiger partial charge in [0.25, 0.3) is 0 Å². The fourth-order valence-electron chi connectivity index (χ4n) is 8.80. The van der Waals surface area contributed by atoms with Gasteiger partial charge in [-0.1, -0.05) is 163 Å². The van der Waals surface area contributed by atoms with E-state index >= 15 is 0 Å². The van der Waals surface area contributed by atoms with Crippen molar-refractivity contribution in [1.29, 1.82) is 5.26 Å². The van der Waals surface area contributed by atoms with Crippen molar-refractivity contribution in [3.63, 3.8) is 0 Å². The topological polar surface area (TPSA) is 62.5 Å². The quantitative estimate of drug-likeness (QED) is 0.180. The maximum absolute atomic E-state index is 10.2. The molecule has 56 heavy (non-hydrogen) atoms. The molecule has 0 fully saturated rings. The highest BCUT2D eigenvalue weighted by Gasteiger charge is 2.51. The lowest BCUT2D eigenvalue weighted by Crippen LogP contribution is -2.32. The zero-order chi connectivity index (χ0) is 37.2. The highest BCUT2D eigenvalue weighted by atomic mass is 32.2. The second kappa shape index (κ2) is 12.7. The third kappa shape index (κ3) is 4.83. The zero-order valence-electron chi connectivity index (χ0n) is 30.0. The smallest absolute Gasteiger partial charge is 0.164 e. The van der Waals surface area contributed by atoms with Crippen LogP contribution in [-0.4, -0.2) is 15.0 Å². The van der Waals surface area contributed by atoms with Gasteiger partial charge in [-0.3, -0.25) is 0 Å². The molecule has 1 aromatic heterocycles. The molecule has 260 valence electrons. The van der Waals surface area contributed by atoms with Crippen molar-refractivity contribution < 1.29 is 0 Å². The van der Waals surface area contributed by atoms with Crippen LogP contribution in [0.2, 0.25) is 0 Å². The van der Waals surface area contributed by atoms with E-state index in [-0.39, 0.29) is 0 Å². The predicted octanol–water partition coefficient (Wildman–Crippen LogP) is 12.4. The Morgan fingerprint density at radius 2 is 0.911 bits per heavy atom. The number of hydrogen-bond acceptors (Lipinski definition) is 5. The maximum Gasteiger partial charge on any atom is 0.164 e. The molecule has 0 atom stereocenters. The minimum Gasteiger partial charge on any atom is -0.208 e. The lowest BCUT2D eigenvalue weighted by Gasteiger charge is -2.40. The van der Waals surface area contributed by atoms with Crippen LogP contribution in [0.3, 0.4) is 0 Å². The minimum absolute atomic E-state index is 0.610. The summed E-state index contributed by atoms with van der Waals surface area (Å²) >= 11 is 1.82. The predicted molar refractivity (Wildman–Crippen MR) is 225 cm³/mol. The standard InChI is InChI=1S/C51H30N4S/c52-31-32-23-28-39-43(29-32)51(41-19-9-11-21-45(41)56-46-22-12-10-20-42(46)51)44-30-40(37-17-7-8-18-38(37)47(39)44)33-24-26-36(27-25-33)50-54-48(34-13-3-1-4-14-34)53-49(55-50)35-15-5-2-6-16-35/h1-30H. The zero-order valence-corrected chi connectivity index (χ0v) is 30.8. The van der Waals surface area contributed by atoms with Crippen LogP contribution < -0.4 is 0 Å². The van der Waals surface area contributed by atoms with Crippen molar-refractivity contribution in [3.05, 3.63) is 210 Å². The van der Waals surface area contributed by atoms with Crippen LogP contribution in [0.4, 0.5) is 0 Å². The average molecular weight is 731 g/mol. The molecular formula is C51H30N4S. The van der Waals surface area contributed by atoms with Gasteiger partial charge in [0.05, 0.1) is 17.0 Å². The molecule has 5 heteroatoms. The van der Waals surface area contributed by atoms with Gasteiger partial charge in [0.1, 0.15) is 0 Å². The molecule has 2 aliphatic rings. The van der Waals surface area contributed by atoms with Gasteiger partial charge < -0.3 is 0 Å². The average Bonchev–Trinajstić information content (AvgIpc) is 3.56. The van der Waals surface area contributed by atoms with Gasteiger partial charge in [0, 0.05) is 26.5 Å². The molecular weight excluding hydrogens is 701 g/mol. The summed E-state index contributed by atoms with van der Waals surface area (Å²) in [6, 6.07) is 66.2. The molecule has 0 bridgehead atoms. The third-order valence-electron chi connectivity index (χ3n) is 11.2. The van der Waals surface area contributed by atoms with Crippen molar-refractivity contribution in [1.82, 2.24) is 15.0 Å². The molecule has 0 amide bonds. The maximum atomic E-state index is 10.2. The molecule has 0 unspecified atom stereocenters. The normalized spacial score (nSPS) is 13.1. The van der Waals surface area contributed by atoms with Gasteiger partial charge in [0.15, 0.2) is 17.5 Å². The van der Waals surface area contributed by atoms with E-state index in [0.717, 1.165) is 33.4 Å². The van der Waals surface area contributed by atoms with Crippen LogP contribution in [0.15, 0.2) is 192 Å². The first-order valence-corrected chi connectivity index (χ1v) is 19.5. The summed E-state index contributed by atoms with van der Waals surface area (Å²) < 4.78 is 0. The Hall–Kier alpha value is -7.13. The van der Waals surface area contributed by atoms with E-state index in [1.807, 2.05) is 78.5 Å². The first-order chi connectivity index (χ1) is 27.7. The summed E-state index contributed by atoms with van der Waals surface area (Å²) in [5.41, 5.74) is 12.4. The van der Waals surface area contributed by atoms with Crippen molar-refractivity contribution in [2.45, 2.75) is 15.2 Å². The molecule has 4 nitrogen and oxygen atoms in total. The fraction of sp³-hybridized carbons (Fsp3) is 0.0196. The highest BCUT2D eigenvalue weighted by molar-refractivity contribution is 7.99. The first-order valence-electron chi connectivity index (χ1n) is 18.7. The van der Waals surface area contributed by atoms with Crippen LogP contribution in [-0.2, 0) is 5.41 Å². The number of hydrogen-bond donors (Lipinski definition) is 0. The molecule has 1 spiro atoms. The molecule has 9 aromatic rings. The number of nitriles is 1. The van der Waals surface area contributed by atoms with Crippen molar-refractivity contribution >= 4 is 22.5 Å². The molecule has 0 radical (unpaired) electrons. The van der Waals surface area contributed by atoms with E-state index in [4.69, 9.17) is 15.0 Å².